The number of thioether (sulfide) groups is 1. The predicted octanol–water partition coefficient (Wildman–Crippen LogP) is 2.79. The fourth-order valence-electron chi connectivity index (χ4n) is 2.19. The number of aromatic amines is 1. The van der Waals surface area contributed by atoms with Crippen LogP contribution in [-0.4, -0.2) is 28.1 Å². The summed E-state index contributed by atoms with van der Waals surface area (Å²) in [6, 6.07) is 5.73. The Balaban J connectivity index is 1.86. The monoisotopic (exact) mass is 262 g/mol. The van der Waals surface area contributed by atoms with E-state index in [0.29, 0.717) is 12.2 Å². The molecule has 1 aliphatic rings. The van der Waals surface area contributed by atoms with Crippen LogP contribution in [0.2, 0.25) is 0 Å². The molecule has 0 bridgehead atoms. The number of benzene rings is 1. The van der Waals surface area contributed by atoms with Gasteiger partial charge in [-0.3, -0.25) is 4.79 Å². The van der Waals surface area contributed by atoms with E-state index in [4.69, 9.17) is 4.74 Å². The number of hydrogen-bond acceptors (Lipinski definition) is 4. The number of methoxy groups -OCH3 is 1. The molecule has 94 valence electrons. The largest absolute Gasteiger partial charge is 0.497 e. The average Bonchev–Trinajstić information content (AvgIpc) is 2.95. The molecule has 1 fully saturated rings. The van der Waals surface area contributed by atoms with Gasteiger partial charge in [-0.2, -0.15) is 0 Å². The lowest BCUT2D eigenvalue weighted by molar-refractivity contribution is -0.116. The second kappa shape index (κ2) is 4.65. The van der Waals surface area contributed by atoms with Crippen LogP contribution in [-0.2, 0) is 4.79 Å². The Morgan fingerprint density at radius 1 is 1.50 bits per heavy atom. The van der Waals surface area contributed by atoms with E-state index in [1.807, 2.05) is 18.2 Å². The van der Waals surface area contributed by atoms with Gasteiger partial charge in [-0.05, 0) is 25.0 Å². The Hall–Kier alpha value is -1.49. The molecule has 1 atom stereocenters. The number of hydrogen-bond donors (Lipinski definition) is 1. The Morgan fingerprint density at radius 3 is 3.11 bits per heavy atom. The first-order valence-electron chi connectivity index (χ1n) is 5.99. The third-order valence-electron chi connectivity index (χ3n) is 3.17. The molecule has 1 N–H and O–H groups in total. The van der Waals surface area contributed by atoms with Gasteiger partial charge in [-0.15, -0.1) is 0 Å². The van der Waals surface area contributed by atoms with E-state index in [1.54, 1.807) is 18.9 Å². The Morgan fingerprint density at radius 2 is 2.39 bits per heavy atom. The van der Waals surface area contributed by atoms with Crippen LogP contribution in [0.15, 0.2) is 23.4 Å². The Bertz CT molecular complexity index is 594. The van der Waals surface area contributed by atoms with Crippen LogP contribution in [0.5, 0.6) is 5.75 Å². The zero-order valence-electron chi connectivity index (χ0n) is 10.1. The molecular formula is C13H14N2O2S. The van der Waals surface area contributed by atoms with Gasteiger partial charge in [0.05, 0.1) is 23.4 Å². The molecule has 1 heterocycles. The molecule has 5 heteroatoms. The van der Waals surface area contributed by atoms with E-state index >= 15 is 0 Å². The molecule has 0 amide bonds. The van der Waals surface area contributed by atoms with Gasteiger partial charge in [-0.25, -0.2) is 4.98 Å². The second-order valence-corrected chi connectivity index (χ2v) is 5.58. The Labute approximate surface area is 109 Å². The lowest BCUT2D eigenvalue weighted by Crippen LogP contribution is -2.07. The molecular weight excluding hydrogens is 248 g/mol. The Kier molecular flexibility index (Phi) is 2.99. The number of aromatic nitrogens is 2. The molecule has 2 aromatic rings. The fraction of sp³-hybridized carbons (Fsp3) is 0.385. The van der Waals surface area contributed by atoms with Gasteiger partial charge in [0.15, 0.2) is 5.16 Å². The highest BCUT2D eigenvalue weighted by Gasteiger charge is 2.26. The quantitative estimate of drug-likeness (QED) is 0.924. The van der Waals surface area contributed by atoms with Crippen LogP contribution in [0, 0.1) is 0 Å². The van der Waals surface area contributed by atoms with E-state index in [1.165, 1.54) is 0 Å². The topological polar surface area (TPSA) is 55.0 Å². The molecule has 0 saturated heterocycles. The maximum atomic E-state index is 11.6. The van der Waals surface area contributed by atoms with E-state index in [9.17, 15) is 4.79 Å². The second-order valence-electron chi connectivity index (χ2n) is 4.39. The molecule has 1 unspecified atom stereocenters. The van der Waals surface area contributed by atoms with Gasteiger partial charge < -0.3 is 9.72 Å². The SMILES string of the molecule is COc1ccc2nc(SC3CCCC3=O)[nH]c2c1. The summed E-state index contributed by atoms with van der Waals surface area (Å²) in [6.07, 6.45) is 2.68. The first kappa shape index (κ1) is 11.6. The van der Waals surface area contributed by atoms with Crippen LogP contribution in [0.25, 0.3) is 11.0 Å². The number of imidazole rings is 1. The molecule has 0 spiro atoms. The van der Waals surface area contributed by atoms with Crippen molar-refractivity contribution in [2.45, 2.75) is 29.7 Å². The van der Waals surface area contributed by atoms with Gasteiger partial charge >= 0.3 is 0 Å². The van der Waals surface area contributed by atoms with Crippen molar-refractivity contribution >= 4 is 28.6 Å². The summed E-state index contributed by atoms with van der Waals surface area (Å²) < 4.78 is 5.17. The molecule has 1 aromatic carbocycles. The summed E-state index contributed by atoms with van der Waals surface area (Å²) in [6.45, 7) is 0. The highest BCUT2D eigenvalue weighted by Crippen LogP contribution is 2.32. The maximum Gasteiger partial charge on any atom is 0.167 e. The minimum atomic E-state index is 0.0763. The highest BCUT2D eigenvalue weighted by atomic mass is 32.2. The van der Waals surface area contributed by atoms with Gasteiger partial charge in [0.2, 0.25) is 0 Å². The summed E-state index contributed by atoms with van der Waals surface area (Å²) in [4.78, 5) is 19.3. The molecule has 0 radical (unpaired) electrons. The average molecular weight is 262 g/mol. The van der Waals surface area contributed by atoms with Crippen molar-refractivity contribution in [2.24, 2.45) is 0 Å². The van der Waals surface area contributed by atoms with Gasteiger partial charge in [0.25, 0.3) is 0 Å². The lowest BCUT2D eigenvalue weighted by atomic mass is 10.3. The van der Waals surface area contributed by atoms with Crippen LogP contribution in [0.4, 0.5) is 0 Å². The summed E-state index contributed by atoms with van der Waals surface area (Å²) in [5.41, 5.74) is 1.85. The number of Topliss-reactive ketones (excluding diaryl/α,β-unsaturated/α-hetero) is 1. The third kappa shape index (κ3) is 2.10. The number of ketones is 1. The van der Waals surface area contributed by atoms with Gasteiger partial charge in [0, 0.05) is 12.5 Å². The van der Waals surface area contributed by atoms with Gasteiger partial charge in [0.1, 0.15) is 11.5 Å². The summed E-state index contributed by atoms with van der Waals surface area (Å²) in [5.74, 6) is 1.15. The molecule has 0 aliphatic heterocycles. The van der Waals surface area contributed by atoms with E-state index in [-0.39, 0.29) is 5.25 Å². The van der Waals surface area contributed by atoms with Crippen molar-refractivity contribution < 1.29 is 9.53 Å². The number of nitrogens with zero attached hydrogens (tertiary/aromatic N) is 1. The van der Waals surface area contributed by atoms with Crippen molar-refractivity contribution in [2.75, 3.05) is 7.11 Å². The minimum absolute atomic E-state index is 0.0763. The normalized spacial score (nSPS) is 19.6. The summed E-state index contributed by atoms with van der Waals surface area (Å²) in [5, 5.41) is 0.894. The number of fused-ring (bicyclic) bond motifs is 1. The van der Waals surface area contributed by atoms with Crippen molar-refractivity contribution in [3.05, 3.63) is 18.2 Å². The highest BCUT2D eigenvalue weighted by molar-refractivity contribution is 8.00. The summed E-state index contributed by atoms with van der Waals surface area (Å²) >= 11 is 1.54. The molecule has 18 heavy (non-hydrogen) atoms. The molecule has 1 aliphatic carbocycles. The number of ether oxygens (including phenoxy) is 1. The lowest BCUT2D eigenvalue weighted by Gasteiger charge is -2.03. The van der Waals surface area contributed by atoms with E-state index in [0.717, 1.165) is 34.8 Å². The zero-order chi connectivity index (χ0) is 12.5. The maximum absolute atomic E-state index is 11.6. The number of carbonyl (C=O) groups excluding carboxylic acids is 1. The summed E-state index contributed by atoms with van der Waals surface area (Å²) in [7, 11) is 1.64. The van der Waals surface area contributed by atoms with Crippen LogP contribution in [0.3, 0.4) is 0 Å². The molecule has 1 saturated carbocycles. The first-order chi connectivity index (χ1) is 8.76. The van der Waals surface area contributed by atoms with Crippen LogP contribution >= 0.6 is 11.8 Å². The van der Waals surface area contributed by atoms with Crippen molar-refractivity contribution in [3.8, 4) is 5.75 Å². The minimum Gasteiger partial charge on any atom is -0.497 e. The molecule has 1 aromatic heterocycles. The smallest absolute Gasteiger partial charge is 0.167 e. The van der Waals surface area contributed by atoms with Crippen molar-refractivity contribution in [3.63, 3.8) is 0 Å². The molecule has 4 nitrogen and oxygen atoms in total. The standard InChI is InChI=1S/C13H14N2O2S/c1-17-8-5-6-9-10(7-8)15-13(14-9)18-12-4-2-3-11(12)16/h5-7,12H,2-4H2,1H3,(H,14,15). The zero-order valence-corrected chi connectivity index (χ0v) is 10.9. The number of nitrogens with one attached hydrogen (secondary N) is 1. The number of carbonyl (C=O) groups is 1. The van der Waals surface area contributed by atoms with Crippen LogP contribution in [0.1, 0.15) is 19.3 Å². The number of rotatable bonds is 3. The molecule has 3 rings (SSSR count). The fourth-order valence-corrected chi connectivity index (χ4v) is 3.31. The van der Waals surface area contributed by atoms with Crippen molar-refractivity contribution in [1.29, 1.82) is 0 Å². The van der Waals surface area contributed by atoms with Crippen LogP contribution < -0.4 is 4.74 Å². The number of H-pyrrole nitrogens is 1. The van der Waals surface area contributed by atoms with Crippen molar-refractivity contribution in [1.82, 2.24) is 9.97 Å². The predicted molar refractivity (Wildman–Crippen MR) is 71.1 cm³/mol. The van der Waals surface area contributed by atoms with Gasteiger partial charge in [-0.1, -0.05) is 11.8 Å². The van der Waals surface area contributed by atoms with E-state index < -0.39 is 0 Å². The first-order valence-corrected chi connectivity index (χ1v) is 6.87. The van der Waals surface area contributed by atoms with E-state index in [2.05, 4.69) is 9.97 Å². The third-order valence-corrected chi connectivity index (χ3v) is 4.37.